The van der Waals surface area contributed by atoms with Crippen LogP contribution >= 0.6 is 0 Å². The fourth-order valence-electron chi connectivity index (χ4n) is 5.32. The molecular weight excluding hydrogens is 506 g/mol. The second kappa shape index (κ2) is 13.1. The average molecular weight is 546 g/mol. The van der Waals surface area contributed by atoms with Gasteiger partial charge in [-0.2, -0.15) is 5.26 Å². The zero-order valence-electron chi connectivity index (χ0n) is 24.1. The monoisotopic (exact) mass is 545 g/mol. The van der Waals surface area contributed by atoms with E-state index in [1.165, 1.54) is 0 Å². The Balaban J connectivity index is 1.56. The van der Waals surface area contributed by atoms with Gasteiger partial charge < -0.3 is 23.8 Å². The third-order valence-electron chi connectivity index (χ3n) is 7.59. The van der Waals surface area contributed by atoms with Crippen molar-refractivity contribution in [2.24, 2.45) is 16.8 Å². The molecule has 1 saturated heterocycles. The van der Waals surface area contributed by atoms with Crippen molar-refractivity contribution in [1.82, 2.24) is 4.90 Å². The molecule has 1 amide bonds. The van der Waals surface area contributed by atoms with Crippen molar-refractivity contribution in [3.05, 3.63) is 76.7 Å². The van der Waals surface area contributed by atoms with Crippen LogP contribution in [-0.4, -0.2) is 70.3 Å². The third kappa shape index (κ3) is 6.72. The number of methoxy groups -OCH3 is 1. The highest BCUT2D eigenvalue weighted by Gasteiger charge is 2.31. The highest BCUT2D eigenvalue weighted by molar-refractivity contribution is 5.94. The molecule has 1 aromatic rings. The van der Waals surface area contributed by atoms with Crippen molar-refractivity contribution in [3.8, 4) is 11.8 Å². The number of carbonyl (C=O) groups excluding carboxylic acids is 1. The number of hydrogen-bond acceptors (Lipinski definition) is 7. The van der Waals surface area contributed by atoms with Gasteiger partial charge in [0.05, 0.1) is 37.2 Å². The van der Waals surface area contributed by atoms with Crippen molar-refractivity contribution < 1.29 is 23.7 Å². The summed E-state index contributed by atoms with van der Waals surface area (Å²) in [6.45, 7) is 9.95. The molecule has 1 aliphatic carbocycles. The molecule has 2 heterocycles. The Hall–Kier alpha value is -3.67. The number of hydrogen-bond donors (Lipinski definition) is 0. The summed E-state index contributed by atoms with van der Waals surface area (Å²) in [6.07, 6.45) is 8.05. The van der Waals surface area contributed by atoms with E-state index in [2.05, 4.69) is 31.5 Å². The Morgan fingerprint density at radius 1 is 1.18 bits per heavy atom. The van der Waals surface area contributed by atoms with Crippen LogP contribution in [0.4, 0.5) is 0 Å². The minimum Gasteiger partial charge on any atom is -0.492 e. The number of benzene rings is 1. The largest absolute Gasteiger partial charge is 0.492 e. The smallest absolute Gasteiger partial charge is 0.249 e. The SMILES string of the molecule is C=C1/C=C(/C2=CC=C(C(=O)N(C)C)C[C@@H]2OC)OC[C@@H](c2ccc(OC3[C@H](C)COC[C@H]3C)c(C#N)c2)CC=N1. The van der Waals surface area contributed by atoms with Gasteiger partial charge in [0, 0.05) is 68.8 Å². The van der Waals surface area contributed by atoms with Crippen LogP contribution < -0.4 is 4.74 Å². The van der Waals surface area contributed by atoms with E-state index in [0.29, 0.717) is 61.0 Å². The van der Waals surface area contributed by atoms with Crippen molar-refractivity contribution in [2.45, 2.75) is 44.8 Å². The second-order valence-electron chi connectivity index (χ2n) is 10.9. The molecule has 212 valence electrons. The average Bonchev–Trinajstić information content (AvgIpc) is 3.04. The summed E-state index contributed by atoms with van der Waals surface area (Å²) in [5.74, 6) is 1.59. The van der Waals surface area contributed by atoms with Gasteiger partial charge in [-0.25, -0.2) is 0 Å². The maximum absolute atomic E-state index is 12.5. The van der Waals surface area contributed by atoms with Crippen LogP contribution in [0.2, 0.25) is 0 Å². The molecule has 8 heteroatoms. The number of carbonyl (C=O) groups is 1. The van der Waals surface area contributed by atoms with Crippen molar-refractivity contribution in [1.29, 1.82) is 5.26 Å². The minimum atomic E-state index is -0.345. The lowest BCUT2D eigenvalue weighted by Crippen LogP contribution is -2.41. The van der Waals surface area contributed by atoms with Crippen LogP contribution in [0.25, 0.3) is 0 Å². The number of nitriles is 1. The van der Waals surface area contributed by atoms with Crippen LogP contribution in [0.3, 0.4) is 0 Å². The summed E-state index contributed by atoms with van der Waals surface area (Å²) in [5.41, 5.74) is 3.53. The lowest BCUT2D eigenvalue weighted by molar-refractivity contribution is -0.125. The van der Waals surface area contributed by atoms with E-state index in [0.717, 1.165) is 11.1 Å². The molecule has 2 aliphatic heterocycles. The molecule has 8 nitrogen and oxygen atoms in total. The van der Waals surface area contributed by atoms with Gasteiger partial charge in [0.15, 0.2) is 0 Å². The van der Waals surface area contributed by atoms with E-state index in [1.807, 2.05) is 36.6 Å². The summed E-state index contributed by atoms with van der Waals surface area (Å²) >= 11 is 0. The van der Waals surface area contributed by atoms with E-state index in [-0.39, 0.29) is 35.9 Å². The van der Waals surface area contributed by atoms with Crippen molar-refractivity contribution >= 4 is 12.1 Å². The van der Waals surface area contributed by atoms with Crippen LogP contribution in [0.5, 0.6) is 5.75 Å². The van der Waals surface area contributed by atoms with Gasteiger partial charge in [-0.3, -0.25) is 9.79 Å². The first kappa shape index (κ1) is 29.3. The maximum Gasteiger partial charge on any atom is 0.249 e. The highest BCUT2D eigenvalue weighted by Crippen LogP contribution is 2.34. The molecule has 0 saturated carbocycles. The van der Waals surface area contributed by atoms with Gasteiger partial charge in [0.2, 0.25) is 5.91 Å². The topological polar surface area (TPSA) is 93.4 Å². The first-order chi connectivity index (χ1) is 19.2. The number of ether oxygens (including phenoxy) is 4. The zero-order chi connectivity index (χ0) is 28.8. The Bertz CT molecular complexity index is 1280. The number of likely N-dealkylation sites (N-methyl/N-ethyl adjacent to an activating group) is 1. The third-order valence-corrected chi connectivity index (χ3v) is 7.59. The van der Waals surface area contributed by atoms with Gasteiger partial charge in [0.1, 0.15) is 23.7 Å². The summed E-state index contributed by atoms with van der Waals surface area (Å²) in [5, 5.41) is 9.96. The summed E-state index contributed by atoms with van der Waals surface area (Å²) in [4.78, 5) is 18.6. The number of aliphatic imine (C=N–C) groups is 1. The first-order valence-electron chi connectivity index (χ1n) is 13.7. The summed E-state index contributed by atoms with van der Waals surface area (Å²) < 4.78 is 24.1. The van der Waals surface area contributed by atoms with Crippen LogP contribution in [0.15, 0.2) is 70.6 Å². The van der Waals surface area contributed by atoms with Crippen LogP contribution in [0, 0.1) is 23.2 Å². The molecule has 0 radical (unpaired) electrons. The molecule has 0 bridgehead atoms. The van der Waals surface area contributed by atoms with Crippen LogP contribution in [-0.2, 0) is 19.0 Å². The van der Waals surface area contributed by atoms with E-state index in [9.17, 15) is 10.1 Å². The molecule has 0 aromatic heterocycles. The van der Waals surface area contributed by atoms with Gasteiger partial charge in [-0.15, -0.1) is 0 Å². The van der Waals surface area contributed by atoms with E-state index in [1.54, 1.807) is 32.2 Å². The Labute approximate surface area is 237 Å². The molecule has 3 aliphatic rings. The van der Waals surface area contributed by atoms with Gasteiger partial charge in [0.25, 0.3) is 0 Å². The number of rotatable bonds is 6. The molecule has 1 aromatic carbocycles. The fourth-order valence-corrected chi connectivity index (χ4v) is 5.32. The highest BCUT2D eigenvalue weighted by atomic mass is 16.5. The summed E-state index contributed by atoms with van der Waals surface area (Å²) in [6, 6.07) is 8.10. The molecule has 4 atom stereocenters. The Morgan fingerprint density at radius 2 is 1.93 bits per heavy atom. The lowest BCUT2D eigenvalue weighted by Gasteiger charge is -2.34. The second-order valence-corrected chi connectivity index (χ2v) is 10.9. The predicted octanol–water partition coefficient (Wildman–Crippen LogP) is 4.94. The normalized spacial score (nSPS) is 27.0. The van der Waals surface area contributed by atoms with E-state index >= 15 is 0 Å². The van der Waals surface area contributed by atoms with Gasteiger partial charge in [-0.1, -0.05) is 38.6 Å². The quantitative estimate of drug-likeness (QED) is 0.503. The van der Waals surface area contributed by atoms with E-state index in [4.69, 9.17) is 18.9 Å². The number of allylic oxidation sites excluding steroid dienone is 3. The number of nitrogens with zero attached hydrogens (tertiary/aromatic N) is 3. The molecule has 0 spiro atoms. The molecule has 0 unspecified atom stereocenters. The predicted molar refractivity (Wildman–Crippen MR) is 154 cm³/mol. The molecule has 4 rings (SSSR count). The van der Waals surface area contributed by atoms with E-state index < -0.39 is 0 Å². The standard InChI is InChI=1S/C32H39N3O5/c1-20-17-38-18-21(2)31(20)40-28-10-8-23(14-26(28)16-33)25-11-12-34-22(3)13-30(39-19-25)27-9-7-24(15-29(27)37-6)32(36)35(4)5/h7-10,12-14,20-21,25,29,31H,3,11,15,17-19H2,1-2,4-6H3/b30-13-,34-12?/t20-,21-,25+,29+/m1/s1. The molecule has 1 fully saturated rings. The Morgan fingerprint density at radius 3 is 2.60 bits per heavy atom. The Kier molecular flexibility index (Phi) is 9.62. The number of amides is 1. The lowest BCUT2D eigenvalue weighted by atomic mass is 9.91. The first-order valence-corrected chi connectivity index (χ1v) is 13.7. The molecular formula is C32H39N3O5. The minimum absolute atomic E-state index is 0.00846. The maximum atomic E-state index is 12.5. The van der Waals surface area contributed by atoms with Gasteiger partial charge >= 0.3 is 0 Å². The zero-order valence-corrected chi connectivity index (χ0v) is 24.1. The summed E-state index contributed by atoms with van der Waals surface area (Å²) in [7, 11) is 5.10. The van der Waals surface area contributed by atoms with Gasteiger partial charge in [-0.05, 0) is 24.1 Å². The van der Waals surface area contributed by atoms with Crippen molar-refractivity contribution in [2.75, 3.05) is 41.0 Å². The fraction of sp³-hybridized carbons (Fsp3) is 0.469. The molecule has 0 N–H and O–H groups in total. The van der Waals surface area contributed by atoms with Crippen LogP contribution in [0.1, 0.15) is 43.7 Å². The van der Waals surface area contributed by atoms with Crippen molar-refractivity contribution in [3.63, 3.8) is 0 Å². The molecule has 40 heavy (non-hydrogen) atoms.